The SMILES string of the molecule is CCCOP(O)OC(=O)O. The highest BCUT2D eigenvalue weighted by atomic mass is 31.2. The Labute approximate surface area is 59.6 Å². The zero-order chi connectivity index (χ0) is 7.98. The predicted molar refractivity (Wildman–Crippen MR) is 34.5 cm³/mol. The molecule has 0 aromatic carbocycles. The third-order valence-electron chi connectivity index (χ3n) is 0.562. The molecule has 60 valence electrons. The van der Waals surface area contributed by atoms with Gasteiger partial charge in [0.2, 0.25) is 0 Å². The monoisotopic (exact) mass is 168 g/mol. The van der Waals surface area contributed by atoms with Crippen molar-refractivity contribution in [1.29, 1.82) is 0 Å². The van der Waals surface area contributed by atoms with E-state index in [0.717, 1.165) is 0 Å². The lowest BCUT2D eigenvalue weighted by Gasteiger charge is -2.05. The Hall–Kier alpha value is -0.380. The van der Waals surface area contributed by atoms with Gasteiger partial charge in [-0.25, -0.2) is 4.79 Å². The first-order chi connectivity index (χ1) is 4.66. The Balaban J connectivity index is 3.25. The highest BCUT2D eigenvalue weighted by Crippen LogP contribution is 2.32. The van der Waals surface area contributed by atoms with E-state index in [1.54, 1.807) is 0 Å². The van der Waals surface area contributed by atoms with Gasteiger partial charge in [0.15, 0.2) is 0 Å². The van der Waals surface area contributed by atoms with E-state index in [2.05, 4.69) is 9.05 Å². The molecule has 0 radical (unpaired) electrons. The highest BCUT2D eigenvalue weighted by molar-refractivity contribution is 7.41. The summed E-state index contributed by atoms with van der Waals surface area (Å²) in [6.07, 6.45) is -0.813. The molecule has 6 heteroatoms. The van der Waals surface area contributed by atoms with Crippen LogP contribution >= 0.6 is 8.60 Å². The maximum atomic E-state index is 9.73. The molecule has 0 aromatic heterocycles. The summed E-state index contributed by atoms with van der Waals surface area (Å²) < 4.78 is 8.39. The van der Waals surface area contributed by atoms with Crippen LogP contribution in [0.1, 0.15) is 13.3 Å². The van der Waals surface area contributed by atoms with Gasteiger partial charge in [-0.1, -0.05) is 6.92 Å². The molecule has 0 saturated heterocycles. The van der Waals surface area contributed by atoms with Crippen LogP contribution in [0.4, 0.5) is 4.79 Å². The van der Waals surface area contributed by atoms with E-state index in [9.17, 15) is 4.79 Å². The van der Waals surface area contributed by atoms with Crippen LogP contribution in [-0.4, -0.2) is 22.8 Å². The Morgan fingerprint density at radius 3 is 2.70 bits per heavy atom. The highest BCUT2D eigenvalue weighted by Gasteiger charge is 2.10. The fourth-order valence-corrected chi connectivity index (χ4v) is 0.788. The number of carboxylic acid groups (broad SMARTS) is 1. The average Bonchev–Trinajstić information content (AvgIpc) is 1.82. The number of rotatable bonds is 4. The van der Waals surface area contributed by atoms with E-state index < -0.39 is 14.8 Å². The molecule has 0 amide bonds. The minimum atomic E-state index is -2.23. The third-order valence-corrected chi connectivity index (χ3v) is 1.28. The minimum Gasteiger partial charge on any atom is -0.449 e. The summed E-state index contributed by atoms with van der Waals surface area (Å²) in [5, 5.41) is 7.94. The molecule has 0 bridgehead atoms. The standard InChI is InChI=1S/C4H9O5P/c1-2-3-8-10(7)9-4(5)6/h7H,2-3H2,1H3,(H,5,6). The Bertz CT molecular complexity index is 106. The Morgan fingerprint density at radius 1 is 1.70 bits per heavy atom. The van der Waals surface area contributed by atoms with Gasteiger partial charge in [-0.15, -0.1) is 0 Å². The van der Waals surface area contributed by atoms with E-state index in [1.807, 2.05) is 6.92 Å². The topological polar surface area (TPSA) is 76.0 Å². The van der Waals surface area contributed by atoms with E-state index in [0.29, 0.717) is 13.0 Å². The van der Waals surface area contributed by atoms with Gasteiger partial charge in [0.1, 0.15) is 0 Å². The molecule has 0 spiro atoms. The fourth-order valence-electron chi connectivity index (χ4n) is 0.263. The van der Waals surface area contributed by atoms with Gasteiger partial charge >= 0.3 is 14.8 Å². The van der Waals surface area contributed by atoms with Crippen LogP contribution in [-0.2, 0) is 9.05 Å². The molecule has 0 aliphatic carbocycles. The molecule has 0 aliphatic rings. The summed E-state index contributed by atoms with van der Waals surface area (Å²) in [6.45, 7) is 2.14. The first-order valence-electron chi connectivity index (χ1n) is 2.69. The number of hydrogen-bond acceptors (Lipinski definition) is 4. The molecule has 2 N–H and O–H groups in total. The summed E-state index contributed by atoms with van der Waals surface area (Å²) in [5.41, 5.74) is 0. The number of carbonyl (C=O) groups is 1. The van der Waals surface area contributed by atoms with Crippen LogP contribution in [0.5, 0.6) is 0 Å². The second-order valence-corrected chi connectivity index (χ2v) is 2.34. The van der Waals surface area contributed by atoms with Crippen molar-refractivity contribution in [2.45, 2.75) is 13.3 Å². The van der Waals surface area contributed by atoms with Gasteiger partial charge in [-0.05, 0) is 6.42 Å². The molecule has 10 heavy (non-hydrogen) atoms. The lowest BCUT2D eigenvalue weighted by atomic mass is 10.5. The van der Waals surface area contributed by atoms with E-state index in [-0.39, 0.29) is 0 Å². The van der Waals surface area contributed by atoms with Gasteiger partial charge in [0.05, 0.1) is 6.61 Å². The van der Waals surface area contributed by atoms with E-state index in [1.165, 1.54) is 0 Å². The van der Waals surface area contributed by atoms with Crippen LogP contribution in [0, 0.1) is 0 Å². The zero-order valence-electron chi connectivity index (χ0n) is 5.48. The molecular formula is C4H9O5P. The second-order valence-electron chi connectivity index (χ2n) is 1.43. The van der Waals surface area contributed by atoms with Crippen molar-refractivity contribution >= 4 is 14.8 Å². The molecule has 0 saturated carbocycles. The average molecular weight is 168 g/mol. The Morgan fingerprint density at radius 2 is 2.30 bits per heavy atom. The quantitative estimate of drug-likeness (QED) is 0.619. The van der Waals surface area contributed by atoms with Crippen molar-refractivity contribution in [3.05, 3.63) is 0 Å². The fraction of sp³-hybridized carbons (Fsp3) is 0.750. The molecule has 0 heterocycles. The van der Waals surface area contributed by atoms with Crippen molar-refractivity contribution in [3.63, 3.8) is 0 Å². The lowest BCUT2D eigenvalue weighted by Crippen LogP contribution is -1.97. The molecule has 1 unspecified atom stereocenters. The second kappa shape index (κ2) is 5.41. The number of hydrogen-bond donors (Lipinski definition) is 2. The van der Waals surface area contributed by atoms with Crippen molar-refractivity contribution in [2.75, 3.05) is 6.61 Å². The molecule has 0 aromatic rings. The zero-order valence-corrected chi connectivity index (χ0v) is 6.38. The largest absolute Gasteiger partial charge is 0.512 e. The van der Waals surface area contributed by atoms with Crippen LogP contribution in [0.15, 0.2) is 0 Å². The van der Waals surface area contributed by atoms with Crippen molar-refractivity contribution in [2.24, 2.45) is 0 Å². The first-order valence-corrected chi connectivity index (χ1v) is 3.82. The lowest BCUT2D eigenvalue weighted by molar-refractivity contribution is 0.130. The Kier molecular flexibility index (Phi) is 5.20. The van der Waals surface area contributed by atoms with Crippen LogP contribution in [0.25, 0.3) is 0 Å². The molecular weight excluding hydrogens is 159 g/mol. The normalized spacial score (nSPS) is 12.6. The van der Waals surface area contributed by atoms with Crippen molar-refractivity contribution in [3.8, 4) is 0 Å². The molecule has 0 fully saturated rings. The predicted octanol–water partition coefficient (Wildman–Crippen LogP) is 1.33. The summed E-state index contributed by atoms with van der Waals surface area (Å²) in [4.78, 5) is 18.3. The molecule has 0 aliphatic heterocycles. The minimum absolute atomic E-state index is 0.301. The van der Waals surface area contributed by atoms with Crippen molar-refractivity contribution < 1.29 is 23.8 Å². The summed E-state index contributed by atoms with van der Waals surface area (Å²) >= 11 is 0. The summed E-state index contributed by atoms with van der Waals surface area (Å²) in [7, 11) is -2.23. The van der Waals surface area contributed by atoms with Crippen LogP contribution in [0.2, 0.25) is 0 Å². The van der Waals surface area contributed by atoms with Gasteiger partial charge < -0.3 is 19.0 Å². The molecule has 1 atom stereocenters. The maximum absolute atomic E-state index is 9.73. The van der Waals surface area contributed by atoms with Gasteiger partial charge in [-0.3, -0.25) is 0 Å². The van der Waals surface area contributed by atoms with Crippen LogP contribution < -0.4 is 0 Å². The van der Waals surface area contributed by atoms with Gasteiger partial charge in [0.25, 0.3) is 0 Å². The first kappa shape index (κ1) is 9.62. The maximum Gasteiger partial charge on any atom is 0.512 e. The van der Waals surface area contributed by atoms with Gasteiger partial charge in [-0.2, -0.15) is 0 Å². The van der Waals surface area contributed by atoms with Gasteiger partial charge in [0, 0.05) is 0 Å². The molecule has 5 nitrogen and oxygen atoms in total. The third kappa shape index (κ3) is 5.75. The van der Waals surface area contributed by atoms with E-state index >= 15 is 0 Å². The summed E-state index contributed by atoms with van der Waals surface area (Å²) in [6, 6.07) is 0. The van der Waals surface area contributed by atoms with Crippen LogP contribution in [0.3, 0.4) is 0 Å². The smallest absolute Gasteiger partial charge is 0.449 e. The van der Waals surface area contributed by atoms with E-state index in [4.69, 9.17) is 10.00 Å². The van der Waals surface area contributed by atoms with Crippen molar-refractivity contribution in [1.82, 2.24) is 0 Å². The summed E-state index contributed by atoms with van der Waals surface area (Å²) in [5.74, 6) is 0. The molecule has 0 rings (SSSR count).